The Morgan fingerprint density at radius 3 is 1.28 bits per heavy atom. The molecule has 0 saturated heterocycles. The molecule has 0 radical (unpaired) electrons. The van der Waals surface area contributed by atoms with E-state index in [9.17, 15) is 5.11 Å². The molecule has 17 nitrogen and oxygen atoms in total. The maximum atomic E-state index is 10.2. The van der Waals surface area contributed by atoms with E-state index >= 15 is 0 Å². The molecule has 23 heteroatoms. The molecule has 620 valence electrons. The summed E-state index contributed by atoms with van der Waals surface area (Å²) in [5.74, 6) is 3.73. The molecule has 123 heavy (non-hydrogen) atoms. The van der Waals surface area contributed by atoms with Gasteiger partial charge in [-0.1, -0.05) is 166 Å². The van der Waals surface area contributed by atoms with Gasteiger partial charge >= 0.3 is 7.12 Å². The van der Waals surface area contributed by atoms with E-state index < -0.39 is 7.12 Å². The van der Waals surface area contributed by atoms with Gasteiger partial charge in [0.1, 0.15) is 39.2 Å². The van der Waals surface area contributed by atoms with Gasteiger partial charge < -0.3 is 24.6 Å². The van der Waals surface area contributed by atoms with E-state index in [4.69, 9.17) is 52.7 Å². The minimum Gasteiger partial charge on any atom is -0.508 e. The standard InChI is InChI=1S/C27H25N3O.C26H23N3O.C18H20O.C10H7ClN2.C9H7BrN2.C5H5BClNO2.C5H4BrN.BrH/c1-27(2,3)20-6-9-24-23(15-20)22-8-7-21(31-4)16-25(22)30(24)26-10-5-19(17-29-26)18-11-13-28-14-12-18;1-26(2,3)19-5-8-23-22(14-19)21-7-6-20(30)15-24(21)29(23)25-9-4-18(16-28-25)17-10-12-27-13-11-17;1-18(2,3)14-6-5-12-9-13-10-15(19-4)7-8-16(13)17(12)11-14;11-10-2-1-9(7-13-10)8-3-5-12-6-4-8;10-8-3-1-4-9(7-8)12-6-2-5-11-12;7-5-2-1-4(3-8-5)6(9)10;6-5-1-3-7-4-2-5;/h5-17H,1-4H3;4-16,30H,1-3H3;5-8,10-11H,9H2,1-4H3;1-7H;1-7H;1-3,9-10H;1-4H;1H. The lowest BCUT2D eigenvalue weighted by molar-refractivity contribution is 0.414. The zero-order valence-electron chi connectivity index (χ0n) is 69.8. The predicted molar refractivity (Wildman–Crippen MR) is 514 cm³/mol. The number of hydrogen-bond donors (Lipinski definition) is 3. The minimum atomic E-state index is -1.47. The van der Waals surface area contributed by atoms with E-state index in [1.807, 2.05) is 132 Å². The number of nitrogens with zero attached hydrogens (tertiary/aromatic N) is 12. The van der Waals surface area contributed by atoms with E-state index in [0.717, 1.165) is 110 Å². The summed E-state index contributed by atoms with van der Waals surface area (Å²) in [4.78, 5) is 33.2. The monoisotopic (exact) mass is 1860 g/mol. The highest BCUT2D eigenvalue weighted by molar-refractivity contribution is 9.10. The molecule has 11 heterocycles. The molecule has 7 aromatic carbocycles. The second kappa shape index (κ2) is 40.8. The van der Waals surface area contributed by atoms with Crippen molar-refractivity contribution in [1.29, 1.82) is 0 Å². The number of benzene rings is 7. The van der Waals surface area contributed by atoms with Crippen molar-refractivity contribution in [1.82, 2.24) is 58.8 Å². The van der Waals surface area contributed by atoms with Crippen LogP contribution in [0.15, 0.2) is 332 Å². The van der Waals surface area contributed by atoms with Crippen molar-refractivity contribution in [3.63, 3.8) is 0 Å². The Bertz CT molecular complexity index is 6520. The number of halogens is 5. The van der Waals surface area contributed by atoms with Crippen molar-refractivity contribution in [2.45, 2.75) is 85.0 Å². The summed E-state index contributed by atoms with van der Waals surface area (Å²) in [7, 11) is 1.96. The van der Waals surface area contributed by atoms with Crippen molar-refractivity contribution >= 4 is 128 Å². The van der Waals surface area contributed by atoms with E-state index in [1.54, 1.807) is 88.3 Å². The molecule has 0 bridgehead atoms. The van der Waals surface area contributed by atoms with Crippen molar-refractivity contribution in [2.75, 3.05) is 14.2 Å². The van der Waals surface area contributed by atoms with Gasteiger partial charge in [0, 0.05) is 152 Å². The molecule has 1 aliphatic rings. The molecule has 0 spiro atoms. The van der Waals surface area contributed by atoms with Crippen molar-refractivity contribution in [2.24, 2.45) is 0 Å². The molecule has 3 N–H and O–H groups in total. The van der Waals surface area contributed by atoms with Crippen LogP contribution in [0, 0.1) is 0 Å². The lowest BCUT2D eigenvalue weighted by Gasteiger charge is -2.20. The van der Waals surface area contributed by atoms with Crippen LogP contribution in [-0.2, 0) is 22.7 Å². The Labute approximate surface area is 754 Å². The van der Waals surface area contributed by atoms with Crippen LogP contribution in [-0.4, -0.2) is 95.3 Å². The van der Waals surface area contributed by atoms with Gasteiger partial charge in [0.2, 0.25) is 0 Å². The predicted octanol–water partition coefficient (Wildman–Crippen LogP) is 24.6. The van der Waals surface area contributed by atoms with Crippen LogP contribution in [0.2, 0.25) is 10.3 Å². The molecule has 0 fully saturated rings. The van der Waals surface area contributed by atoms with Crippen LogP contribution in [0.1, 0.15) is 90.1 Å². The van der Waals surface area contributed by atoms with Gasteiger partial charge in [-0.05, 0) is 254 Å². The average molecular weight is 1860 g/mol. The fourth-order valence-corrected chi connectivity index (χ4v) is 14.6. The first-order chi connectivity index (χ1) is 58.7. The van der Waals surface area contributed by atoms with Crippen molar-refractivity contribution < 1.29 is 24.6 Å². The summed E-state index contributed by atoms with van der Waals surface area (Å²) < 4.78 is 19.1. The van der Waals surface area contributed by atoms with Gasteiger partial charge in [0.15, 0.2) is 0 Å². The summed E-state index contributed by atoms with van der Waals surface area (Å²) in [6.07, 6.45) is 25.7. The summed E-state index contributed by atoms with van der Waals surface area (Å²) in [6, 6.07) is 78.9. The number of rotatable bonds is 9. The topological polar surface area (TPSA) is 210 Å². The van der Waals surface area contributed by atoms with Gasteiger partial charge in [-0.3, -0.25) is 29.1 Å². The first kappa shape index (κ1) is 90.2. The Morgan fingerprint density at radius 1 is 0.382 bits per heavy atom. The number of ether oxygens (including phenoxy) is 2. The van der Waals surface area contributed by atoms with Crippen molar-refractivity contribution in [3.8, 4) is 79.1 Å². The summed E-state index contributed by atoms with van der Waals surface area (Å²) in [5.41, 5.74) is 22.0. The maximum Gasteiger partial charge on any atom is 0.490 e. The maximum absolute atomic E-state index is 10.2. The van der Waals surface area contributed by atoms with E-state index in [1.165, 1.54) is 68.0 Å². The normalized spacial score (nSPS) is 11.2. The third kappa shape index (κ3) is 22.8. The van der Waals surface area contributed by atoms with Gasteiger partial charge in [-0.25, -0.2) is 24.6 Å². The molecule has 0 atom stereocenters. The number of methoxy groups -OCH3 is 2. The number of hydrogen-bond acceptors (Lipinski definition) is 14. The first-order valence-electron chi connectivity index (χ1n) is 39.4. The lowest BCUT2D eigenvalue weighted by atomic mass is 9.82. The van der Waals surface area contributed by atoms with Gasteiger partial charge in [-0.2, -0.15) is 5.10 Å². The second-order valence-corrected chi connectivity index (χ2v) is 34.4. The first-order valence-corrected chi connectivity index (χ1v) is 41.8. The number of fused-ring (bicyclic) bond motifs is 9. The van der Waals surface area contributed by atoms with Gasteiger partial charge in [0.05, 0.1) is 42.0 Å². The molecule has 18 aromatic rings. The van der Waals surface area contributed by atoms with Crippen LogP contribution in [0.5, 0.6) is 17.2 Å². The third-order valence-electron chi connectivity index (χ3n) is 20.4. The van der Waals surface area contributed by atoms with Gasteiger partial charge in [-0.15, -0.1) is 17.0 Å². The molecule has 1 aliphatic carbocycles. The highest BCUT2D eigenvalue weighted by Gasteiger charge is 2.25. The Hall–Kier alpha value is -12.0. The smallest absolute Gasteiger partial charge is 0.490 e. The summed E-state index contributed by atoms with van der Waals surface area (Å²) >= 11 is 17.8. The highest BCUT2D eigenvalue weighted by atomic mass is 79.9. The minimum absolute atomic E-state index is 0. The van der Waals surface area contributed by atoms with Crippen LogP contribution < -0.4 is 14.9 Å². The number of aromatic nitrogens is 12. The van der Waals surface area contributed by atoms with Gasteiger partial charge in [0.25, 0.3) is 0 Å². The molecule has 11 aromatic heterocycles. The fraction of sp³-hybridized carbons (Fsp3) is 0.150. The van der Waals surface area contributed by atoms with E-state index in [0.29, 0.717) is 15.8 Å². The van der Waals surface area contributed by atoms with E-state index in [2.05, 4.69) is 241 Å². The highest BCUT2D eigenvalue weighted by Crippen LogP contribution is 2.42. The molecule has 0 saturated carbocycles. The number of phenols is 1. The zero-order chi connectivity index (χ0) is 86.2. The molecule has 0 unspecified atom stereocenters. The lowest BCUT2D eigenvalue weighted by Crippen LogP contribution is -2.29. The Balaban J connectivity index is 0.000000138. The third-order valence-corrected chi connectivity index (χ3v) is 21.9. The van der Waals surface area contributed by atoms with E-state index in [-0.39, 0.29) is 39.0 Å². The molecule has 0 amide bonds. The van der Waals surface area contributed by atoms with Crippen LogP contribution in [0.3, 0.4) is 0 Å². The summed E-state index contributed by atoms with van der Waals surface area (Å²) in [5, 5.41) is 37.0. The number of phenolic OH excluding ortho intramolecular Hbond substituents is 1. The van der Waals surface area contributed by atoms with Crippen LogP contribution >= 0.6 is 72.0 Å². The van der Waals surface area contributed by atoms with Crippen molar-refractivity contribution in [3.05, 3.63) is 370 Å². The molecule has 0 aliphatic heterocycles. The van der Waals surface area contributed by atoms with Crippen LogP contribution in [0.25, 0.3) is 105 Å². The van der Waals surface area contributed by atoms with Crippen LogP contribution in [0.4, 0.5) is 0 Å². The Kier molecular flexibility index (Phi) is 29.9. The average Bonchev–Trinajstić information content (AvgIpc) is 1.59. The number of pyridine rings is 8. The second-order valence-electron chi connectivity index (χ2n) is 31.8. The fourth-order valence-electron chi connectivity index (χ4n) is 13.8. The Morgan fingerprint density at radius 2 is 0.846 bits per heavy atom. The molecule has 19 rings (SSSR count). The largest absolute Gasteiger partial charge is 0.508 e. The molecular formula is C100H92BBr3Cl2N12O5. The molecular weight excluding hydrogens is 1770 g/mol. The quantitative estimate of drug-likeness (QED) is 0.0907. The zero-order valence-corrected chi connectivity index (χ0v) is 76.2. The SMILES string of the molecule is Br.Brc1cccc(-n2cccn2)c1.Brc1ccncc1.CC(C)(C)c1ccc2c(c1)c1ccc(O)cc1n2-c1ccc(-c2ccncc2)cn1.COc1ccc2c(c1)Cc1ccc(C(C)(C)C)cc1-2.COc1ccc2c3cc(C(C)(C)C)ccc3n(-c3ccc(-c4ccncc4)cn3)c2c1.Clc1ccc(-c2ccncc2)cn1.OB(O)c1ccc(Cl)nc1. The number of aromatic hydroxyl groups is 1. The summed E-state index contributed by atoms with van der Waals surface area (Å²) in [6.45, 7) is 20.2.